The van der Waals surface area contributed by atoms with Crippen molar-refractivity contribution in [1.29, 1.82) is 0 Å². The molecule has 9 nitrogen and oxygen atoms in total. The Bertz CT molecular complexity index is 1090. The molecule has 178 valence electrons. The van der Waals surface area contributed by atoms with E-state index < -0.39 is 11.9 Å². The highest BCUT2D eigenvalue weighted by molar-refractivity contribution is 7.99. The summed E-state index contributed by atoms with van der Waals surface area (Å²) in [6, 6.07) is 19.3. The van der Waals surface area contributed by atoms with Crippen molar-refractivity contribution in [1.82, 2.24) is 20.1 Å². The molecular formula is C24H26N4O5S. The number of amides is 1. The van der Waals surface area contributed by atoms with Gasteiger partial charge >= 0.3 is 11.9 Å². The summed E-state index contributed by atoms with van der Waals surface area (Å²) in [5.41, 5.74) is 1.76. The number of nitrogens with one attached hydrogen (secondary N) is 1. The van der Waals surface area contributed by atoms with Crippen LogP contribution in [0.25, 0.3) is 17.1 Å². The first kappa shape index (κ1) is 25.0. The van der Waals surface area contributed by atoms with Crippen LogP contribution in [0.15, 0.2) is 65.8 Å². The lowest BCUT2D eigenvalue weighted by atomic mass is 10.2. The average molecular weight is 483 g/mol. The Kier molecular flexibility index (Phi) is 9.65. The number of ether oxygens (including phenoxy) is 2. The van der Waals surface area contributed by atoms with E-state index in [0.29, 0.717) is 30.6 Å². The maximum Gasteiger partial charge on any atom is 0.316 e. The van der Waals surface area contributed by atoms with E-state index in [1.54, 1.807) is 6.92 Å². The Balaban J connectivity index is 1.52. The SMILES string of the molecule is CCOC(=O)CCCNC(=O)COC(=O)CSc1nnc(-c2ccccc2)n1-c1ccccc1. The maximum absolute atomic E-state index is 12.2. The molecule has 0 radical (unpaired) electrons. The number of thioether (sulfide) groups is 1. The van der Waals surface area contributed by atoms with Crippen LogP contribution in [0.3, 0.4) is 0 Å². The smallest absolute Gasteiger partial charge is 0.316 e. The van der Waals surface area contributed by atoms with Crippen LogP contribution in [0.5, 0.6) is 0 Å². The number of benzene rings is 2. The molecule has 0 saturated heterocycles. The Morgan fingerprint density at radius 1 is 0.941 bits per heavy atom. The largest absolute Gasteiger partial charge is 0.466 e. The molecule has 3 rings (SSSR count). The fraction of sp³-hybridized carbons (Fsp3) is 0.292. The summed E-state index contributed by atoms with van der Waals surface area (Å²) in [5, 5.41) is 11.7. The quantitative estimate of drug-likeness (QED) is 0.238. The number of hydrogen-bond donors (Lipinski definition) is 1. The van der Waals surface area contributed by atoms with Crippen molar-refractivity contribution in [3.05, 3.63) is 60.7 Å². The number of rotatable bonds is 12. The van der Waals surface area contributed by atoms with Gasteiger partial charge in [-0.1, -0.05) is 60.3 Å². The molecule has 2 aromatic carbocycles. The molecule has 1 N–H and O–H groups in total. The van der Waals surface area contributed by atoms with E-state index in [1.807, 2.05) is 65.2 Å². The van der Waals surface area contributed by atoms with E-state index in [0.717, 1.165) is 11.3 Å². The van der Waals surface area contributed by atoms with Crippen LogP contribution in [0, 0.1) is 0 Å². The Hall–Kier alpha value is -3.66. The second-order valence-corrected chi connectivity index (χ2v) is 7.99. The van der Waals surface area contributed by atoms with Crippen molar-refractivity contribution in [3.63, 3.8) is 0 Å². The van der Waals surface area contributed by atoms with E-state index in [-0.39, 0.29) is 24.7 Å². The first-order valence-corrected chi connectivity index (χ1v) is 11.8. The van der Waals surface area contributed by atoms with Crippen molar-refractivity contribution in [3.8, 4) is 17.1 Å². The summed E-state index contributed by atoms with van der Waals surface area (Å²) >= 11 is 1.18. The molecule has 1 aromatic heterocycles. The third kappa shape index (κ3) is 7.45. The molecule has 0 aliphatic carbocycles. The minimum atomic E-state index is -0.546. The molecule has 0 spiro atoms. The summed E-state index contributed by atoms with van der Waals surface area (Å²) in [7, 11) is 0. The summed E-state index contributed by atoms with van der Waals surface area (Å²) < 4.78 is 11.8. The molecule has 0 aliphatic heterocycles. The van der Waals surface area contributed by atoms with Gasteiger partial charge in [0, 0.05) is 24.2 Å². The Morgan fingerprint density at radius 2 is 1.65 bits per heavy atom. The summed E-state index contributed by atoms with van der Waals surface area (Å²) in [6.45, 7) is 1.97. The van der Waals surface area contributed by atoms with E-state index in [1.165, 1.54) is 11.8 Å². The first-order valence-electron chi connectivity index (χ1n) is 10.9. The van der Waals surface area contributed by atoms with Crippen molar-refractivity contribution in [2.75, 3.05) is 25.5 Å². The second kappa shape index (κ2) is 13.1. The van der Waals surface area contributed by atoms with Gasteiger partial charge in [0.2, 0.25) is 0 Å². The number of carbonyl (C=O) groups excluding carboxylic acids is 3. The molecule has 0 unspecified atom stereocenters. The predicted molar refractivity (Wildman–Crippen MR) is 127 cm³/mol. The van der Waals surface area contributed by atoms with Crippen LogP contribution in [-0.4, -0.2) is 58.1 Å². The normalized spacial score (nSPS) is 10.5. The molecule has 1 amide bonds. The highest BCUT2D eigenvalue weighted by Gasteiger charge is 2.18. The van der Waals surface area contributed by atoms with Crippen molar-refractivity contribution in [2.45, 2.75) is 24.9 Å². The van der Waals surface area contributed by atoms with Gasteiger partial charge in [-0.15, -0.1) is 10.2 Å². The first-order chi connectivity index (χ1) is 16.6. The minimum absolute atomic E-state index is 0.0319. The summed E-state index contributed by atoms with van der Waals surface area (Å²) in [5.74, 6) is -0.656. The molecule has 0 atom stereocenters. The van der Waals surface area contributed by atoms with Crippen LogP contribution < -0.4 is 5.32 Å². The Morgan fingerprint density at radius 3 is 2.35 bits per heavy atom. The van der Waals surface area contributed by atoms with Gasteiger partial charge in [-0.05, 0) is 25.5 Å². The predicted octanol–water partition coefficient (Wildman–Crippen LogP) is 3.03. The molecule has 0 aliphatic rings. The number of esters is 2. The lowest BCUT2D eigenvalue weighted by Gasteiger charge is -2.10. The highest BCUT2D eigenvalue weighted by Crippen LogP contribution is 2.27. The Labute approximate surface area is 201 Å². The molecule has 10 heteroatoms. The topological polar surface area (TPSA) is 112 Å². The zero-order chi connectivity index (χ0) is 24.2. The van der Waals surface area contributed by atoms with Gasteiger partial charge in [-0.3, -0.25) is 19.0 Å². The molecule has 0 saturated carbocycles. The van der Waals surface area contributed by atoms with Gasteiger partial charge < -0.3 is 14.8 Å². The van der Waals surface area contributed by atoms with E-state index >= 15 is 0 Å². The molecule has 0 bridgehead atoms. The lowest BCUT2D eigenvalue weighted by Crippen LogP contribution is -2.30. The number of para-hydroxylation sites is 1. The fourth-order valence-electron chi connectivity index (χ4n) is 3.00. The van der Waals surface area contributed by atoms with Gasteiger partial charge in [-0.25, -0.2) is 0 Å². The zero-order valence-electron chi connectivity index (χ0n) is 18.8. The molecule has 0 fully saturated rings. The van der Waals surface area contributed by atoms with Crippen LogP contribution >= 0.6 is 11.8 Å². The van der Waals surface area contributed by atoms with Crippen molar-refractivity contribution in [2.24, 2.45) is 0 Å². The van der Waals surface area contributed by atoms with Gasteiger partial charge in [0.05, 0.1) is 12.4 Å². The van der Waals surface area contributed by atoms with Crippen molar-refractivity contribution < 1.29 is 23.9 Å². The van der Waals surface area contributed by atoms with Crippen molar-refractivity contribution >= 4 is 29.6 Å². The monoisotopic (exact) mass is 482 g/mol. The lowest BCUT2D eigenvalue weighted by molar-refractivity contribution is -0.145. The van der Waals surface area contributed by atoms with Crippen LogP contribution in [0.1, 0.15) is 19.8 Å². The molecular weight excluding hydrogens is 456 g/mol. The van der Waals surface area contributed by atoms with Crippen LogP contribution in [0.2, 0.25) is 0 Å². The van der Waals surface area contributed by atoms with Gasteiger partial charge in [-0.2, -0.15) is 0 Å². The summed E-state index contributed by atoms with van der Waals surface area (Å²) in [6.07, 6.45) is 0.672. The van der Waals surface area contributed by atoms with Gasteiger partial charge in [0.15, 0.2) is 17.6 Å². The third-order valence-corrected chi connectivity index (χ3v) is 5.45. The standard InChI is InChI=1S/C24H26N4O5S/c1-2-32-21(30)14-9-15-25-20(29)16-33-22(31)17-34-24-27-26-23(18-10-5-3-6-11-18)28(24)19-12-7-4-8-13-19/h3-8,10-13H,2,9,14-17H2,1H3,(H,25,29). The van der Waals surface area contributed by atoms with Crippen LogP contribution in [-0.2, 0) is 23.9 Å². The zero-order valence-corrected chi connectivity index (χ0v) is 19.6. The maximum atomic E-state index is 12.2. The average Bonchev–Trinajstić information content (AvgIpc) is 3.29. The second-order valence-electron chi connectivity index (χ2n) is 7.05. The van der Waals surface area contributed by atoms with E-state index in [2.05, 4.69) is 15.5 Å². The number of hydrogen-bond acceptors (Lipinski definition) is 8. The third-order valence-electron chi connectivity index (χ3n) is 4.55. The summed E-state index contributed by atoms with van der Waals surface area (Å²) in [4.78, 5) is 35.3. The molecule has 3 aromatic rings. The molecule has 1 heterocycles. The van der Waals surface area contributed by atoms with E-state index in [4.69, 9.17) is 9.47 Å². The van der Waals surface area contributed by atoms with Crippen LogP contribution in [0.4, 0.5) is 0 Å². The van der Waals surface area contributed by atoms with E-state index in [9.17, 15) is 14.4 Å². The van der Waals surface area contributed by atoms with Gasteiger partial charge in [0.25, 0.3) is 5.91 Å². The minimum Gasteiger partial charge on any atom is -0.466 e. The number of nitrogens with zero attached hydrogens (tertiary/aromatic N) is 3. The number of carbonyl (C=O) groups is 3. The fourth-order valence-corrected chi connectivity index (χ4v) is 3.75. The highest BCUT2D eigenvalue weighted by atomic mass is 32.2. The number of aromatic nitrogens is 3. The van der Waals surface area contributed by atoms with Gasteiger partial charge in [0.1, 0.15) is 0 Å². The molecule has 34 heavy (non-hydrogen) atoms.